The molecule has 3 rings (SSSR count). The van der Waals surface area contributed by atoms with Gasteiger partial charge in [-0.15, -0.1) is 0 Å². The zero-order valence-corrected chi connectivity index (χ0v) is 11.7. The van der Waals surface area contributed by atoms with Crippen molar-refractivity contribution in [2.75, 3.05) is 13.1 Å². The average Bonchev–Trinajstić information content (AvgIpc) is 2.85. The number of benzene rings is 1. The molecule has 1 N–H and O–H groups in total. The van der Waals surface area contributed by atoms with Crippen molar-refractivity contribution in [1.29, 1.82) is 0 Å². The molecule has 1 atom stereocenters. The molecule has 0 aliphatic carbocycles. The number of aromatic nitrogens is 2. The van der Waals surface area contributed by atoms with Crippen molar-refractivity contribution in [1.82, 2.24) is 14.9 Å². The summed E-state index contributed by atoms with van der Waals surface area (Å²) in [5, 5.41) is 3.51. The lowest BCUT2D eigenvalue weighted by molar-refractivity contribution is 0.431. The van der Waals surface area contributed by atoms with Crippen LogP contribution in [0.25, 0.3) is 11.0 Å². The Labute approximate surface area is 115 Å². The van der Waals surface area contributed by atoms with Crippen LogP contribution in [0.15, 0.2) is 24.3 Å². The van der Waals surface area contributed by atoms with Gasteiger partial charge in [-0.25, -0.2) is 4.98 Å². The van der Waals surface area contributed by atoms with E-state index in [-0.39, 0.29) is 0 Å². The maximum Gasteiger partial charge on any atom is 0.114 e. The fraction of sp³-hybridized carbons (Fsp3) is 0.562. The number of nitrogens with zero attached hydrogens (tertiary/aromatic N) is 2. The summed E-state index contributed by atoms with van der Waals surface area (Å²) in [4.78, 5) is 4.91. The third-order valence-electron chi connectivity index (χ3n) is 4.08. The lowest BCUT2D eigenvalue weighted by Gasteiger charge is -2.23. The van der Waals surface area contributed by atoms with E-state index in [1.54, 1.807) is 0 Å². The van der Waals surface area contributed by atoms with Gasteiger partial charge >= 0.3 is 0 Å². The minimum atomic E-state index is 0.581. The highest BCUT2D eigenvalue weighted by molar-refractivity contribution is 5.76. The molecule has 1 aliphatic heterocycles. The molecule has 0 saturated carbocycles. The van der Waals surface area contributed by atoms with Gasteiger partial charge in [-0.2, -0.15) is 0 Å². The van der Waals surface area contributed by atoms with E-state index in [0.29, 0.717) is 5.92 Å². The molecule has 0 unspecified atom stereocenters. The van der Waals surface area contributed by atoms with Gasteiger partial charge in [0.1, 0.15) is 5.82 Å². The molecule has 3 heteroatoms. The van der Waals surface area contributed by atoms with Gasteiger partial charge in [-0.1, -0.05) is 25.5 Å². The first kappa shape index (κ1) is 12.7. The number of imidazole rings is 1. The van der Waals surface area contributed by atoms with E-state index in [0.717, 1.165) is 25.2 Å². The van der Waals surface area contributed by atoms with E-state index in [2.05, 4.69) is 41.1 Å². The molecular weight excluding hydrogens is 234 g/mol. The minimum absolute atomic E-state index is 0.581. The molecule has 1 aromatic carbocycles. The van der Waals surface area contributed by atoms with Gasteiger partial charge < -0.3 is 9.88 Å². The average molecular weight is 257 g/mol. The summed E-state index contributed by atoms with van der Waals surface area (Å²) in [6.07, 6.45) is 4.99. The molecule has 1 aliphatic rings. The third kappa shape index (κ3) is 2.52. The lowest BCUT2D eigenvalue weighted by atomic mass is 9.99. The van der Waals surface area contributed by atoms with Crippen molar-refractivity contribution in [3.8, 4) is 0 Å². The highest BCUT2D eigenvalue weighted by Gasteiger charge is 2.21. The fourth-order valence-corrected chi connectivity index (χ4v) is 3.03. The summed E-state index contributed by atoms with van der Waals surface area (Å²) in [5.74, 6) is 1.87. The second-order valence-electron chi connectivity index (χ2n) is 5.51. The van der Waals surface area contributed by atoms with Crippen LogP contribution in [-0.4, -0.2) is 22.6 Å². The maximum absolute atomic E-state index is 4.91. The Hall–Kier alpha value is -1.35. The van der Waals surface area contributed by atoms with Gasteiger partial charge in [0.15, 0.2) is 0 Å². The zero-order chi connectivity index (χ0) is 13.1. The van der Waals surface area contributed by atoms with Crippen LogP contribution >= 0.6 is 0 Å². The van der Waals surface area contributed by atoms with Gasteiger partial charge in [-0.05, 0) is 37.9 Å². The number of para-hydroxylation sites is 2. The topological polar surface area (TPSA) is 29.9 Å². The van der Waals surface area contributed by atoms with Crippen LogP contribution in [0, 0.1) is 0 Å². The minimum Gasteiger partial charge on any atom is -0.328 e. The largest absolute Gasteiger partial charge is 0.328 e. The Bertz CT molecular complexity index is 538. The van der Waals surface area contributed by atoms with Gasteiger partial charge in [0.2, 0.25) is 0 Å². The molecule has 2 heterocycles. The molecule has 1 fully saturated rings. The van der Waals surface area contributed by atoms with Gasteiger partial charge in [-0.3, -0.25) is 0 Å². The van der Waals surface area contributed by atoms with E-state index < -0.39 is 0 Å². The lowest BCUT2D eigenvalue weighted by Crippen LogP contribution is -2.30. The molecule has 0 radical (unpaired) electrons. The standard InChI is InChI=1S/C16H23N3/c1-2-3-11-19-15-9-5-4-8-14(15)18-16(19)13-7-6-10-17-12-13/h4-5,8-9,13,17H,2-3,6-7,10-12H2,1H3/t13-/m1/s1. The van der Waals surface area contributed by atoms with Crippen LogP contribution in [0.2, 0.25) is 0 Å². The smallest absolute Gasteiger partial charge is 0.114 e. The summed E-state index contributed by atoms with van der Waals surface area (Å²) in [7, 11) is 0. The number of hydrogen-bond donors (Lipinski definition) is 1. The number of unbranched alkanes of at least 4 members (excludes halogenated alkanes) is 1. The third-order valence-corrected chi connectivity index (χ3v) is 4.08. The number of piperidine rings is 1. The molecule has 102 valence electrons. The second-order valence-corrected chi connectivity index (χ2v) is 5.51. The SMILES string of the molecule is CCCCn1c([C@@H]2CCCNC2)nc2ccccc21. The maximum atomic E-state index is 4.91. The molecule has 1 aromatic heterocycles. The zero-order valence-electron chi connectivity index (χ0n) is 11.7. The molecule has 1 saturated heterocycles. The van der Waals surface area contributed by atoms with E-state index in [1.807, 2.05) is 0 Å². The predicted octanol–water partition coefficient (Wildman–Crippen LogP) is 3.30. The Morgan fingerprint density at radius 3 is 3.05 bits per heavy atom. The number of nitrogens with one attached hydrogen (secondary N) is 1. The van der Waals surface area contributed by atoms with E-state index in [1.165, 1.54) is 37.0 Å². The van der Waals surface area contributed by atoms with Gasteiger partial charge in [0, 0.05) is 19.0 Å². The van der Waals surface area contributed by atoms with Crippen molar-refractivity contribution >= 4 is 11.0 Å². The Morgan fingerprint density at radius 2 is 2.26 bits per heavy atom. The summed E-state index contributed by atoms with van der Waals surface area (Å²) >= 11 is 0. The van der Waals surface area contributed by atoms with Crippen LogP contribution in [0.1, 0.15) is 44.3 Å². The highest BCUT2D eigenvalue weighted by atomic mass is 15.1. The number of fused-ring (bicyclic) bond motifs is 1. The van der Waals surface area contributed by atoms with E-state index in [4.69, 9.17) is 4.98 Å². The normalized spacial score (nSPS) is 19.9. The predicted molar refractivity (Wildman–Crippen MR) is 79.5 cm³/mol. The van der Waals surface area contributed by atoms with Crippen molar-refractivity contribution < 1.29 is 0 Å². The van der Waals surface area contributed by atoms with Gasteiger partial charge in [0.05, 0.1) is 11.0 Å². The van der Waals surface area contributed by atoms with Crippen LogP contribution in [-0.2, 0) is 6.54 Å². The van der Waals surface area contributed by atoms with Crippen LogP contribution in [0.4, 0.5) is 0 Å². The summed E-state index contributed by atoms with van der Waals surface area (Å²) in [6, 6.07) is 8.55. The van der Waals surface area contributed by atoms with Crippen molar-refractivity contribution in [3.63, 3.8) is 0 Å². The summed E-state index contributed by atoms with van der Waals surface area (Å²) in [5.41, 5.74) is 2.45. The summed E-state index contributed by atoms with van der Waals surface area (Å²) in [6.45, 7) is 5.59. The first-order chi connectivity index (χ1) is 9.40. The molecular formula is C16H23N3. The van der Waals surface area contributed by atoms with Crippen LogP contribution < -0.4 is 5.32 Å². The quantitative estimate of drug-likeness (QED) is 0.910. The van der Waals surface area contributed by atoms with Gasteiger partial charge in [0.25, 0.3) is 0 Å². The molecule has 3 nitrogen and oxygen atoms in total. The molecule has 0 bridgehead atoms. The van der Waals surface area contributed by atoms with E-state index >= 15 is 0 Å². The van der Waals surface area contributed by atoms with Crippen LogP contribution in [0.5, 0.6) is 0 Å². The Balaban J connectivity index is 2.00. The molecule has 19 heavy (non-hydrogen) atoms. The van der Waals surface area contributed by atoms with Crippen molar-refractivity contribution in [2.24, 2.45) is 0 Å². The fourth-order valence-electron chi connectivity index (χ4n) is 3.03. The second kappa shape index (κ2) is 5.74. The summed E-state index contributed by atoms with van der Waals surface area (Å²) < 4.78 is 2.45. The highest BCUT2D eigenvalue weighted by Crippen LogP contribution is 2.27. The number of hydrogen-bond acceptors (Lipinski definition) is 2. The Kier molecular flexibility index (Phi) is 3.83. The first-order valence-corrected chi connectivity index (χ1v) is 7.56. The molecule has 2 aromatic rings. The molecule has 0 spiro atoms. The number of rotatable bonds is 4. The monoisotopic (exact) mass is 257 g/mol. The van der Waals surface area contributed by atoms with Crippen LogP contribution in [0.3, 0.4) is 0 Å². The van der Waals surface area contributed by atoms with Crippen molar-refractivity contribution in [2.45, 2.75) is 45.1 Å². The Morgan fingerprint density at radius 1 is 1.37 bits per heavy atom. The van der Waals surface area contributed by atoms with E-state index in [9.17, 15) is 0 Å². The molecule has 0 amide bonds. The van der Waals surface area contributed by atoms with Crippen molar-refractivity contribution in [3.05, 3.63) is 30.1 Å². The number of aryl methyl sites for hydroxylation is 1. The first-order valence-electron chi connectivity index (χ1n) is 7.56.